The van der Waals surface area contributed by atoms with Gasteiger partial charge in [-0.05, 0) is 75.4 Å². The zero-order valence-corrected chi connectivity index (χ0v) is 21.5. The number of rotatable bonds is 9. The Morgan fingerprint density at radius 2 is 2.03 bits per heavy atom. The number of nitrogens with one attached hydrogen (secondary N) is 1. The highest BCUT2D eigenvalue weighted by atomic mass is 32.2. The van der Waals surface area contributed by atoms with Crippen molar-refractivity contribution in [3.05, 3.63) is 71.7 Å². The van der Waals surface area contributed by atoms with Gasteiger partial charge >= 0.3 is 0 Å². The first-order valence-corrected chi connectivity index (χ1v) is 13.0. The van der Waals surface area contributed by atoms with Gasteiger partial charge in [-0.2, -0.15) is 5.10 Å². The Hall–Kier alpha value is -3.23. The molecule has 186 valence electrons. The number of Topliss-reactive ketones (excluding diaryl/α,β-unsaturated/α-hetero) is 1. The SMILES string of the molecule is Cc1cc(-c2cnc3c(NCC(C)(C)N)cc(Sc4cccc(F)c4)nn23)ccc1C(=O)CC1CC1. The number of anilines is 1. The van der Waals surface area contributed by atoms with E-state index < -0.39 is 5.54 Å². The van der Waals surface area contributed by atoms with Crippen LogP contribution in [0.15, 0.2) is 64.6 Å². The molecule has 0 bridgehead atoms. The summed E-state index contributed by atoms with van der Waals surface area (Å²) >= 11 is 1.38. The summed E-state index contributed by atoms with van der Waals surface area (Å²) in [5.74, 6) is 0.472. The lowest BCUT2D eigenvalue weighted by Gasteiger charge is -2.20. The van der Waals surface area contributed by atoms with Crippen LogP contribution in [-0.2, 0) is 0 Å². The van der Waals surface area contributed by atoms with Crippen molar-refractivity contribution in [2.24, 2.45) is 11.7 Å². The number of ketones is 1. The predicted molar refractivity (Wildman–Crippen MR) is 142 cm³/mol. The van der Waals surface area contributed by atoms with Crippen molar-refractivity contribution in [1.29, 1.82) is 0 Å². The summed E-state index contributed by atoms with van der Waals surface area (Å²) < 4.78 is 15.6. The first kappa shape index (κ1) is 24.5. The van der Waals surface area contributed by atoms with E-state index in [1.54, 1.807) is 16.8 Å². The molecular formula is C28H30FN5OS. The number of nitrogens with zero attached hydrogens (tertiary/aromatic N) is 3. The fourth-order valence-electron chi connectivity index (χ4n) is 4.13. The van der Waals surface area contributed by atoms with Crippen molar-refractivity contribution < 1.29 is 9.18 Å². The number of carbonyl (C=O) groups excluding carboxylic acids is 1. The van der Waals surface area contributed by atoms with Gasteiger partial charge in [0.1, 0.15) is 10.8 Å². The molecule has 0 amide bonds. The highest BCUT2D eigenvalue weighted by Crippen LogP contribution is 2.35. The monoisotopic (exact) mass is 503 g/mol. The topological polar surface area (TPSA) is 85.3 Å². The number of imidazole rings is 1. The van der Waals surface area contributed by atoms with Gasteiger partial charge in [-0.1, -0.05) is 30.0 Å². The van der Waals surface area contributed by atoms with Gasteiger partial charge in [0.25, 0.3) is 0 Å². The number of hydrogen-bond donors (Lipinski definition) is 2. The van der Waals surface area contributed by atoms with E-state index in [1.807, 2.05) is 51.1 Å². The van der Waals surface area contributed by atoms with Crippen LogP contribution in [0, 0.1) is 18.7 Å². The van der Waals surface area contributed by atoms with Crippen LogP contribution in [0.1, 0.15) is 49.0 Å². The second kappa shape index (κ2) is 9.67. The molecule has 36 heavy (non-hydrogen) atoms. The molecule has 3 N–H and O–H groups in total. The molecule has 6 nitrogen and oxygen atoms in total. The number of halogens is 1. The van der Waals surface area contributed by atoms with Crippen LogP contribution in [0.25, 0.3) is 16.9 Å². The van der Waals surface area contributed by atoms with Crippen LogP contribution in [0.3, 0.4) is 0 Å². The third-order valence-corrected chi connectivity index (χ3v) is 7.09. The van der Waals surface area contributed by atoms with Crippen molar-refractivity contribution in [3.8, 4) is 11.3 Å². The Labute approximate surface area is 214 Å². The molecule has 8 heteroatoms. The average molecular weight is 504 g/mol. The lowest BCUT2D eigenvalue weighted by Crippen LogP contribution is -2.39. The number of aryl methyl sites for hydroxylation is 1. The third-order valence-electron chi connectivity index (χ3n) is 6.19. The molecule has 1 aliphatic rings. The fourth-order valence-corrected chi connectivity index (χ4v) is 4.99. The summed E-state index contributed by atoms with van der Waals surface area (Å²) in [6, 6.07) is 14.3. The Morgan fingerprint density at radius 3 is 2.72 bits per heavy atom. The zero-order chi connectivity index (χ0) is 25.4. The van der Waals surface area contributed by atoms with Crippen molar-refractivity contribution in [2.75, 3.05) is 11.9 Å². The van der Waals surface area contributed by atoms with Crippen molar-refractivity contribution >= 4 is 28.9 Å². The summed E-state index contributed by atoms with van der Waals surface area (Å²) in [5.41, 5.74) is 10.7. The Balaban J connectivity index is 1.54. The van der Waals surface area contributed by atoms with E-state index in [1.165, 1.54) is 23.9 Å². The molecule has 0 saturated heterocycles. The highest BCUT2D eigenvalue weighted by molar-refractivity contribution is 7.99. The van der Waals surface area contributed by atoms with E-state index in [2.05, 4.69) is 10.3 Å². The van der Waals surface area contributed by atoms with Crippen LogP contribution in [0.4, 0.5) is 10.1 Å². The van der Waals surface area contributed by atoms with Gasteiger partial charge in [-0.15, -0.1) is 0 Å². The van der Waals surface area contributed by atoms with E-state index in [-0.39, 0.29) is 11.6 Å². The molecule has 0 spiro atoms. The van der Waals surface area contributed by atoms with Crippen molar-refractivity contribution in [1.82, 2.24) is 14.6 Å². The molecule has 0 aliphatic heterocycles. The van der Waals surface area contributed by atoms with Crippen molar-refractivity contribution in [3.63, 3.8) is 0 Å². The molecule has 1 saturated carbocycles. The van der Waals surface area contributed by atoms with Gasteiger partial charge in [-0.25, -0.2) is 13.9 Å². The number of nitrogens with two attached hydrogens (primary N) is 1. The summed E-state index contributed by atoms with van der Waals surface area (Å²) in [4.78, 5) is 18.1. The number of aromatic nitrogens is 3. The van der Waals surface area contributed by atoms with E-state index in [0.29, 0.717) is 29.6 Å². The standard InChI is InChI=1S/C28H30FN5OS/c1-17-11-19(9-10-22(17)25(35)12-18-7-8-18)24-15-31-27-23(32-16-28(2,3)30)14-26(33-34(24)27)36-21-6-4-5-20(29)13-21/h4-6,9-11,13-15,18,32H,7-8,12,16,30H2,1-3H3. The first-order chi connectivity index (χ1) is 17.2. The molecule has 2 aromatic carbocycles. The minimum Gasteiger partial charge on any atom is -0.380 e. The van der Waals surface area contributed by atoms with Crippen LogP contribution in [-0.4, -0.2) is 32.5 Å². The lowest BCUT2D eigenvalue weighted by molar-refractivity contribution is 0.0975. The minimum absolute atomic E-state index is 0.211. The third kappa shape index (κ3) is 5.60. The molecule has 2 heterocycles. The van der Waals surface area contributed by atoms with Crippen LogP contribution < -0.4 is 11.1 Å². The normalized spacial score (nSPS) is 13.8. The Bertz CT molecular complexity index is 1440. The smallest absolute Gasteiger partial charge is 0.177 e. The summed E-state index contributed by atoms with van der Waals surface area (Å²) in [6.45, 7) is 6.41. The molecular weight excluding hydrogens is 473 g/mol. The maximum Gasteiger partial charge on any atom is 0.177 e. The lowest BCUT2D eigenvalue weighted by atomic mass is 9.98. The number of carbonyl (C=O) groups is 1. The van der Waals surface area contributed by atoms with E-state index in [9.17, 15) is 9.18 Å². The molecule has 1 aliphatic carbocycles. The van der Waals surface area contributed by atoms with Gasteiger partial charge in [-0.3, -0.25) is 4.79 Å². The molecule has 0 atom stereocenters. The van der Waals surface area contributed by atoms with Gasteiger partial charge in [0.2, 0.25) is 0 Å². The molecule has 0 unspecified atom stereocenters. The highest BCUT2D eigenvalue weighted by Gasteiger charge is 2.25. The van der Waals surface area contributed by atoms with Gasteiger partial charge in [0, 0.05) is 34.5 Å². The maximum absolute atomic E-state index is 13.8. The fraction of sp³-hybridized carbons (Fsp3) is 0.321. The quantitative estimate of drug-likeness (QED) is 0.267. The summed E-state index contributed by atoms with van der Waals surface area (Å²) in [7, 11) is 0. The van der Waals surface area contributed by atoms with Crippen LogP contribution in [0.5, 0.6) is 0 Å². The molecule has 1 fully saturated rings. The molecule has 0 radical (unpaired) electrons. The number of benzene rings is 2. The average Bonchev–Trinajstić information content (AvgIpc) is 3.52. The Kier molecular flexibility index (Phi) is 6.57. The number of fused-ring (bicyclic) bond motifs is 1. The van der Waals surface area contributed by atoms with Gasteiger partial charge in [0.15, 0.2) is 11.4 Å². The predicted octanol–water partition coefficient (Wildman–Crippen LogP) is 6.13. The molecule has 5 rings (SSSR count). The summed E-state index contributed by atoms with van der Waals surface area (Å²) in [6.07, 6.45) is 4.73. The Morgan fingerprint density at radius 1 is 1.22 bits per heavy atom. The maximum atomic E-state index is 13.8. The second-order valence-electron chi connectivity index (χ2n) is 10.3. The van der Waals surface area contributed by atoms with Crippen LogP contribution >= 0.6 is 11.8 Å². The van der Waals surface area contributed by atoms with Crippen molar-refractivity contribution in [2.45, 2.75) is 55.5 Å². The zero-order valence-electron chi connectivity index (χ0n) is 20.7. The molecule has 4 aromatic rings. The van der Waals surface area contributed by atoms with Gasteiger partial charge < -0.3 is 11.1 Å². The minimum atomic E-state index is -0.425. The molecule has 2 aromatic heterocycles. The van der Waals surface area contributed by atoms with E-state index in [4.69, 9.17) is 10.8 Å². The largest absolute Gasteiger partial charge is 0.380 e. The summed E-state index contributed by atoms with van der Waals surface area (Å²) in [5, 5.41) is 8.93. The van der Waals surface area contributed by atoms with Crippen LogP contribution in [0.2, 0.25) is 0 Å². The second-order valence-corrected chi connectivity index (χ2v) is 11.4. The van der Waals surface area contributed by atoms with E-state index >= 15 is 0 Å². The number of hydrogen-bond acceptors (Lipinski definition) is 6. The van der Waals surface area contributed by atoms with E-state index in [0.717, 1.165) is 45.8 Å². The van der Waals surface area contributed by atoms with Gasteiger partial charge in [0.05, 0.1) is 17.6 Å². The first-order valence-electron chi connectivity index (χ1n) is 12.2.